The average Bonchev–Trinajstić information content (AvgIpc) is 3.24. The van der Waals surface area contributed by atoms with Gasteiger partial charge in [-0.2, -0.15) is 4.98 Å². The van der Waals surface area contributed by atoms with E-state index in [4.69, 9.17) is 20.9 Å². The smallest absolute Gasteiger partial charge is 0.244 e. The molecular formula is C16H20ClN5O3. The highest BCUT2D eigenvalue weighted by atomic mass is 35.5. The van der Waals surface area contributed by atoms with Gasteiger partial charge < -0.3 is 14.6 Å². The van der Waals surface area contributed by atoms with Crippen LogP contribution in [-0.2, 0) is 16.0 Å². The first-order chi connectivity index (χ1) is 12.2. The number of rotatable bonds is 7. The Bertz CT molecular complexity index is 706. The number of methoxy groups -OCH3 is 1. The molecule has 3 rings (SSSR count). The van der Waals surface area contributed by atoms with E-state index in [0.29, 0.717) is 35.6 Å². The van der Waals surface area contributed by atoms with E-state index >= 15 is 0 Å². The molecule has 134 valence electrons. The van der Waals surface area contributed by atoms with Crippen LogP contribution in [-0.4, -0.2) is 52.7 Å². The third kappa shape index (κ3) is 4.75. The molecule has 1 atom stereocenters. The first-order valence-corrected chi connectivity index (χ1v) is 8.50. The Balaban J connectivity index is 1.58. The number of aromatic nitrogens is 3. The molecule has 0 radical (unpaired) electrons. The number of amides is 1. The van der Waals surface area contributed by atoms with Crippen molar-refractivity contribution in [3.63, 3.8) is 0 Å². The quantitative estimate of drug-likeness (QED) is 0.802. The van der Waals surface area contributed by atoms with Gasteiger partial charge in [0, 0.05) is 19.7 Å². The van der Waals surface area contributed by atoms with Crippen molar-refractivity contribution in [2.24, 2.45) is 0 Å². The molecule has 0 spiro atoms. The molecule has 1 aliphatic rings. The minimum atomic E-state index is -0.138. The van der Waals surface area contributed by atoms with E-state index in [1.807, 2.05) is 4.90 Å². The third-order valence-electron chi connectivity index (χ3n) is 4.00. The van der Waals surface area contributed by atoms with Crippen LogP contribution < -0.4 is 5.32 Å². The monoisotopic (exact) mass is 365 g/mol. The first kappa shape index (κ1) is 17.8. The number of hydrogen-bond acceptors (Lipinski definition) is 7. The Morgan fingerprint density at radius 2 is 2.40 bits per heavy atom. The van der Waals surface area contributed by atoms with Gasteiger partial charge in [0.15, 0.2) is 5.82 Å². The first-order valence-electron chi connectivity index (χ1n) is 8.12. The summed E-state index contributed by atoms with van der Waals surface area (Å²) in [6.07, 6.45) is 3.97. The van der Waals surface area contributed by atoms with Crippen molar-refractivity contribution in [3.8, 4) is 0 Å². The fraction of sp³-hybridized carbons (Fsp3) is 0.500. The summed E-state index contributed by atoms with van der Waals surface area (Å²) in [6.45, 7) is 1.59. The van der Waals surface area contributed by atoms with Crippen molar-refractivity contribution in [3.05, 3.63) is 35.1 Å². The zero-order valence-corrected chi connectivity index (χ0v) is 14.7. The molecule has 1 saturated heterocycles. The van der Waals surface area contributed by atoms with E-state index in [-0.39, 0.29) is 18.5 Å². The lowest BCUT2D eigenvalue weighted by Gasteiger charge is -2.20. The summed E-state index contributed by atoms with van der Waals surface area (Å²) in [7, 11) is 1.63. The van der Waals surface area contributed by atoms with E-state index in [1.54, 1.807) is 19.2 Å². The predicted molar refractivity (Wildman–Crippen MR) is 91.3 cm³/mol. The van der Waals surface area contributed by atoms with Crippen molar-refractivity contribution in [2.45, 2.75) is 25.3 Å². The van der Waals surface area contributed by atoms with Crippen LogP contribution in [0.3, 0.4) is 0 Å². The lowest BCUT2D eigenvalue weighted by atomic mass is 10.2. The molecule has 2 aromatic rings. The molecule has 1 N–H and O–H groups in total. The topological polar surface area (TPSA) is 93.4 Å². The Morgan fingerprint density at radius 3 is 3.16 bits per heavy atom. The maximum atomic E-state index is 12.3. The summed E-state index contributed by atoms with van der Waals surface area (Å²) >= 11 is 5.79. The van der Waals surface area contributed by atoms with E-state index in [0.717, 1.165) is 19.4 Å². The minimum absolute atomic E-state index is 0.0345. The van der Waals surface area contributed by atoms with Crippen molar-refractivity contribution >= 4 is 23.3 Å². The van der Waals surface area contributed by atoms with Gasteiger partial charge in [-0.15, -0.1) is 0 Å². The van der Waals surface area contributed by atoms with Crippen LogP contribution in [0.2, 0.25) is 5.02 Å². The second-order valence-electron chi connectivity index (χ2n) is 5.83. The summed E-state index contributed by atoms with van der Waals surface area (Å²) < 4.78 is 10.4. The number of likely N-dealkylation sites (tertiary alicyclic amines) is 1. The lowest BCUT2D eigenvalue weighted by Crippen LogP contribution is -2.33. The van der Waals surface area contributed by atoms with Gasteiger partial charge in [0.25, 0.3) is 0 Å². The SMILES string of the molecule is COCCc1noc([C@@H]2CCCN2CC(=O)Nc2ccc(Cl)cn2)n1. The van der Waals surface area contributed by atoms with Gasteiger partial charge in [-0.3, -0.25) is 9.69 Å². The van der Waals surface area contributed by atoms with Gasteiger partial charge in [0.1, 0.15) is 5.82 Å². The molecular weight excluding hydrogens is 346 g/mol. The zero-order valence-electron chi connectivity index (χ0n) is 13.9. The van der Waals surface area contributed by atoms with Crippen molar-refractivity contribution < 1.29 is 14.1 Å². The molecule has 1 fully saturated rings. The highest BCUT2D eigenvalue weighted by Crippen LogP contribution is 2.30. The molecule has 1 aliphatic heterocycles. The van der Waals surface area contributed by atoms with E-state index in [2.05, 4.69) is 20.4 Å². The number of hydrogen-bond donors (Lipinski definition) is 1. The normalized spacial score (nSPS) is 17.8. The summed E-state index contributed by atoms with van der Waals surface area (Å²) in [5, 5.41) is 7.27. The summed E-state index contributed by atoms with van der Waals surface area (Å²) in [6, 6.07) is 3.32. The second-order valence-corrected chi connectivity index (χ2v) is 6.27. The van der Waals surface area contributed by atoms with Gasteiger partial charge in [0.05, 0.1) is 24.2 Å². The number of ether oxygens (including phenoxy) is 1. The summed E-state index contributed by atoms with van der Waals surface area (Å²) in [4.78, 5) is 22.8. The highest BCUT2D eigenvalue weighted by Gasteiger charge is 2.31. The average molecular weight is 366 g/mol. The number of pyridine rings is 1. The van der Waals surface area contributed by atoms with Crippen molar-refractivity contribution in [1.29, 1.82) is 0 Å². The largest absolute Gasteiger partial charge is 0.384 e. The Kier molecular flexibility index (Phi) is 5.95. The maximum Gasteiger partial charge on any atom is 0.244 e. The number of carbonyl (C=O) groups excluding carboxylic acids is 1. The summed E-state index contributed by atoms with van der Waals surface area (Å²) in [5.41, 5.74) is 0. The number of halogens is 1. The maximum absolute atomic E-state index is 12.3. The van der Waals surface area contributed by atoms with Gasteiger partial charge in [-0.1, -0.05) is 16.8 Å². The van der Waals surface area contributed by atoms with E-state index in [1.165, 1.54) is 6.20 Å². The zero-order chi connectivity index (χ0) is 17.6. The number of nitrogens with zero attached hydrogens (tertiary/aromatic N) is 4. The molecule has 0 unspecified atom stereocenters. The van der Waals surface area contributed by atoms with Crippen LogP contribution in [0.5, 0.6) is 0 Å². The van der Waals surface area contributed by atoms with Crippen molar-refractivity contribution in [2.75, 3.05) is 32.1 Å². The molecule has 9 heteroatoms. The third-order valence-corrected chi connectivity index (χ3v) is 4.23. The molecule has 2 aromatic heterocycles. The molecule has 25 heavy (non-hydrogen) atoms. The molecule has 0 aliphatic carbocycles. The fourth-order valence-electron chi connectivity index (χ4n) is 2.81. The second kappa shape index (κ2) is 8.37. The molecule has 1 amide bonds. The number of carbonyl (C=O) groups is 1. The van der Waals surface area contributed by atoms with Crippen LogP contribution >= 0.6 is 11.6 Å². The number of anilines is 1. The Hall–Kier alpha value is -2.03. The van der Waals surface area contributed by atoms with Gasteiger partial charge in [-0.05, 0) is 31.5 Å². The molecule has 3 heterocycles. The predicted octanol–water partition coefficient (Wildman–Crippen LogP) is 2.08. The Labute approximate surface area is 150 Å². The number of nitrogens with one attached hydrogen (secondary N) is 1. The van der Waals surface area contributed by atoms with Crippen molar-refractivity contribution in [1.82, 2.24) is 20.0 Å². The van der Waals surface area contributed by atoms with Gasteiger partial charge in [0.2, 0.25) is 11.8 Å². The van der Waals surface area contributed by atoms with Gasteiger partial charge >= 0.3 is 0 Å². The van der Waals surface area contributed by atoms with Gasteiger partial charge in [-0.25, -0.2) is 4.98 Å². The standard InChI is InChI=1S/C16H20ClN5O3/c1-24-8-6-14-20-16(25-21-14)12-3-2-7-22(12)10-15(23)19-13-5-4-11(17)9-18-13/h4-5,9,12H,2-3,6-8,10H2,1H3,(H,18,19,23)/t12-/m0/s1. The summed E-state index contributed by atoms with van der Waals surface area (Å²) in [5.74, 6) is 1.52. The lowest BCUT2D eigenvalue weighted by molar-refractivity contribution is -0.117. The highest BCUT2D eigenvalue weighted by molar-refractivity contribution is 6.30. The fourth-order valence-corrected chi connectivity index (χ4v) is 2.92. The van der Waals surface area contributed by atoms with E-state index < -0.39 is 0 Å². The van der Waals surface area contributed by atoms with Crippen LogP contribution in [0.25, 0.3) is 0 Å². The molecule has 0 bridgehead atoms. The van der Waals surface area contributed by atoms with Crippen LogP contribution in [0.4, 0.5) is 5.82 Å². The van der Waals surface area contributed by atoms with Crippen LogP contribution in [0, 0.1) is 0 Å². The molecule has 8 nitrogen and oxygen atoms in total. The molecule has 0 saturated carbocycles. The Morgan fingerprint density at radius 1 is 1.52 bits per heavy atom. The van der Waals surface area contributed by atoms with Crippen LogP contribution in [0.1, 0.15) is 30.6 Å². The van der Waals surface area contributed by atoms with E-state index in [9.17, 15) is 4.79 Å². The minimum Gasteiger partial charge on any atom is -0.384 e. The van der Waals surface area contributed by atoms with Crippen LogP contribution in [0.15, 0.2) is 22.9 Å². The molecule has 0 aromatic carbocycles.